The summed E-state index contributed by atoms with van der Waals surface area (Å²) in [6.07, 6.45) is 0. The molecule has 5 rings (SSSR count). The Morgan fingerprint density at radius 3 is 2.47 bits per heavy atom. The monoisotopic (exact) mass is 420 g/mol. The summed E-state index contributed by atoms with van der Waals surface area (Å²) in [7, 11) is 0. The Morgan fingerprint density at radius 1 is 0.938 bits per heavy atom. The molecular formula is C27H24N4O. The molecule has 5 heteroatoms. The van der Waals surface area contributed by atoms with Crippen molar-refractivity contribution in [2.45, 2.75) is 13.5 Å². The maximum Gasteiger partial charge on any atom is 0.255 e. The summed E-state index contributed by atoms with van der Waals surface area (Å²) < 4.78 is 0. The van der Waals surface area contributed by atoms with Gasteiger partial charge in [0.05, 0.1) is 30.1 Å². The van der Waals surface area contributed by atoms with Crippen molar-refractivity contribution in [2.24, 2.45) is 4.99 Å². The van der Waals surface area contributed by atoms with Crippen LogP contribution in [-0.2, 0) is 6.54 Å². The molecule has 0 saturated heterocycles. The van der Waals surface area contributed by atoms with Gasteiger partial charge in [-0.2, -0.15) is 0 Å². The number of benzene rings is 3. The number of hydrogen-bond donors (Lipinski definition) is 1. The molecule has 0 bridgehead atoms. The molecule has 1 aromatic heterocycles. The fourth-order valence-corrected chi connectivity index (χ4v) is 3.96. The number of pyridine rings is 1. The number of aromatic nitrogens is 1. The molecule has 4 aromatic rings. The smallest absolute Gasteiger partial charge is 0.255 e. The second-order valence-electron chi connectivity index (χ2n) is 7.96. The first-order chi connectivity index (χ1) is 15.7. The molecule has 1 N–H and O–H groups in total. The third kappa shape index (κ3) is 4.23. The Labute approximate surface area is 187 Å². The summed E-state index contributed by atoms with van der Waals surface area (Å²) in [5.74, 6) is 0.944. The number of aliphatic imine (C=N–C) groups is 1. The van der Waals surface area contributed by atoms with Crippen molar-refractivity contribution in [1.29, 1.82) is 0 Å². The number of carbonyl (C=O) groups is 1. The van der Waals surface area contributed by atoms with Gasteiger partial charge in [-0.3, -0.25) is 14.8 Å². The lowest BCUT2D eigenvalue weighted by Gasteiger charge is -2.17. The number of amides is 1. The zero-order valence-corrected chi connectivity index (χ0v) is 18.0. The molecule has 32 heavy (non-hydrogen) atoms. The van der Waals surface area contributed by atoms with E-state index in [1.54, 1.807) is 0 Å². The first-order valence-corrected chi connectivity index (χ1v) is 10.8. The van der Waals surface area contributed by atoms with Gasteiger partial charge in [0, 0.05) is 23.2 Å². The molecule has 0 aliphatic carbocycles. The van der Waals surface area contributed by atoms with E-state index in [-0.39, 0.29) is 5.91 Å². The van der Waals surface area contributed by atoms with Crippen LogP contribution in [-0.4, -0.2) is 34.7 Å². The summed E-state index contributed by atoms with van der Waals surface area (Å²) in [6.45, 7) is 4.61. The third-order valence-corrected chi connectivity index (χ3v) is 5.78. The molecule has 0 spiro atoms. The van der Waals surface area contributed by atoms with Crippen LogP contribution in [0.4, 0.5) is 5.69 Å². The van der Waals surface area contributed by atoms with Crippen LogP contribution in [0.1, 0.15) is 23.0 Å². The van der Waals surface area contributed by atoms with Crippen molar-refractivity contribution < 1.29 is 4.79 Å². The van der Waals surface area contributed by atoms with Gasteiger partial charge in [-0.05, 0) is 54.4 Å². The van der Waals surface area contributed by atoms with Gasteiger partial charge in [0.2, 0.25) is 0 Å². The number of nitrogens with zero attached hydrogens (tertiary/aromatic N) is 3. The highest BCUT2D eigenvalue weighted by atomic mass is 16.1. The largest absolute Gasteiger partial charge is 0.353 e. The van der Waals surface area contributed by atoms with Crippen molar-refractivity contribution >= 4 is 28.3 Å². The van der Waals surface area contributed by atoms with Crippen LogP contribution in [0.15, 0.2) is 89.9 Å². The zero-order chi connectivity index (χ0) is 21.9. The van der Waals surface area contributed by atoms with E-state index in [1.165, 1.54) is 0 Å². The van der Waals surface area contributed by atoms with E-state index in [9.17, 15) is 4.79 Å². The normalized spacial score (nSPS) is 13.3. The summed E-state index contributed by atoms with van der Waals surface area (Å²) in [6, 6.07) is 27.7. The molecular weight excluding hydrogens is 396 g/mol. The number of carbonyl (C=O) groups excluding carboxylic acids is 1. The van der Waals surface area contributed by atoms with Crippen molar-refractivity contribution in [1.82, 2.24) is 9.88 Å². The van der Waals surface area contributed by atoms with E-state index < -0.39 is 0 Å². The minimum absolute atomic E-state index is 0.127. The number of rotatable bonds is 5. The van der Waals surface area contributed by atoms with Gasteiger partial charge in [-0.15, -0.1) is 0 Å². The van der Waals surface area contributed by atoms with Crippen LogP contribution in [0.3, 0.4) is 0 Å². The lowest BCUT2D eigenvalue weighted by Crippen LogP contribution is -2.25. The molecule has 158 valence electrons. The molecule has 2 heterocycles. The second kappa shape index (κ2) is 8.63. The number of hydrogen-bond acceptors (Lipinski definition) is 4. The molecule has 0 radical (unpaired) electrons. The van der Waals surface area contributed by atoms with Gasteiger partial charge >= 0.3 is 0 Å². The Morgan fingerprint density at radius 2 is 1.72 bits per heavy atom. The van der Waals surface area contributed by atoms with Gasteiger partial charge in [-0.25, -0.2) is 0 Å². The van der Waals surface area contributed by atoms with E-state index in [4.69, 9.17) is 4.98 Å². The maximum absolute atomic E-state index is 12.7. The lowest BCUT2D eigenvalue weighted by molar-refractivity contribution is 0.102. The van der Waals surface area contributed by atoms with Crippen LogP contribution in [0.25, 0.3) is 22.0 Å². The van der Waals surface area contributed by atoms with Crippen LogP contribution in [0.5, 0.6) is 0 Å². The predicted octanol–water partition coefficient (Wildman–Crippen LogP) is 5.39. The van der Waals surface area contributed by atoms with Crippen molar-refractivity contribution in [2.75, 3.05) is 18.4 Å². The molecule has 0 unspecified atom stereocenters. The molecule has 1 amide bonds. The quantitative estimate of drug-likeness (QED) is 0.471. The summed E-state index contributed by atoms with van der Waals surface area (Å²) >= 11 is 0. The Kier molecular flexibility index (Phi) is 5.38. The highest BCUT2D eigenvalue weighted by Gasteiger charge is 2.14. The molecule has 0 saturated carbocycles. The number of nitrogens with one attached hydrogen (secondary N) is 1. The summed E-state index contributed by atoms with van der Waals surface area (Å²) in [5, 5.41) is 4.00. The van der Waals surface area contributed by atoms with Crippen molar-refractivity contribution in [3.63, 3.8) is 0 Å². The standard InChI is InChI=1S/C27H24N4O/c1-19-28-15-16-31(19)18-25-12-11-23-17-24(13-14-26(23)29-25)30-27(32)22-9-7-21(8-10-22)20-5-3-2-4-6-20/h2-14,17H,15-16,18H2,1H3,(H,30,32). The first-order valence-electron chi connectivity index (χ1n) is 10.8. The Bertz CT molecular complexity index is 1300. The average Bonchev–Trinajstić information content (AvgIpc) is 3.24. The van der Waals surface area contributed by atoms with Crippen LogP contribution in [0, 0.1) is 0 Å². The second-order valence-corrected chi connectivity index (χ2v) is 7.96. The Hall–Kier alpha value is -3.99. The molecule has 5 nitrogen and oxygen atoms in total. The van der Waals surface area contributed by atoms with Crippen LogP contribution >= 0.6 is 0 Å². The fourth-order valence-electron chi connectivity index (χ4n) is 3.96. The number of anilines is 1. The van der Waals surface area contributed by atoms with E-state index >= 15 is 0 Å². The van der Waals surface area contributed by atoms with Gasteiger partial charge in [0.25, 0.3) is 5.91 Å². The highest BCUT2D eigenvalue weighted by Crippen LogP contribution is 2.22. The zero-order valence-electron chi connectivity index (χ0n) is 18.0. The maximum atomic E-state index is 12.7. The third-order valence-electron chi connectivity index (χ3n) is 5.78. The van der Waals surface area contributed by atoms with E-state index in [0.717, 1.165) is 58.9 Å². The van der Waals surface area contributed by atoms with Crippen LogP contribution in [0.2, 0.25) is 0 Å². The first kappa shape index (κ1) is 19.9. The highest BCUT2D eigenvalue weighted by molar-refractivity contribution is 6.05. The van der Waals surface area contributed by atoms with E-state index in [2.05, 4.69) is 33.4 Å². The average molecular weight is 421 g/mol. The van der Waals surface area contributed by atoms with Gasteiger partial charge < -0.3 is 10.2 Å². The van der Waals surface area contributed by atoms with Gasteiger partial charge in [0.15, 0.2) is 0 Å². The predicted molar refractivity (Wildman–Crippen MR) is 130 cm³/mol. The molecule has 1 aliphatic rings. The summed E-state index contributed by atoms with van der Waals surface area (Å²) in [5.41, 5.74) is 5.54. The molecule has 3 aromatic carbocycles. The van der Waals surface area contributed by atoms with E-state index in [0.29, 0.717) is 5.56 Å². The SMILES string of the molecule is CC1=NCCN1Cc1ccc2cc(NC(=O)c3ccc(-c4ccccc4)cc3)ccc2n1. The van der Waals surface area contributed by atoms with E-state index in [1.807, 2.05) is 73.7 Å². The minimum Gasteiger partial charge on any atom is -0.353 e. The molecule has 0 atom stereocenters. The van der Waals surface area contributed by atoms with Crippen molar-refractivity contribution in [3.05, 3.63) is 96.2 Å². The fraction of sp³-hybridized carbons (Fsp3) is 0.148. The Balaban J connectivity index is 1.29. The minimum atomic E-state index is -0.127. The van der Waals surface area contributed by atoms with Gasteiger partial charge in [0.1, 0.15) is 0 Å². The summed E-state index contributed by atoms with van der Waals surface area (Å²) in [4.78, 5) is 24.2. The van der Waals surface area contributed by atoms with Gasteiger partial charge in [-0.1, -0.05) is 48.5 Å². The topological polar surface area (TPSA) is 57.6 Å². The number of fused-ring (bicyclic) bond motifs is 1. The number of amidine groups is 1. The lowest BCUT2D eigenvalue weighted by atomic mass is 10.0. The molecule has 0 fully saturated rings. The van der Waals surface area contributed by atoms with Crippen molar-refractivity contribution in [3.8, 4) is 11.1 Å². The van der Waals surface area contributed by atoms with Crippen LogP contribution < -0.4 is 5.32 Å². The molecule has 1 aliphatic heterocycles.